The molecule has 0 unspecified atom stereocenters. The van der Waals surface area contributed by atoms with E-state index in [0.717, 1.165) is 0 Å². The highest BCUT2D eigenvalue weighted by atomic mass is 16.5. The number of carboxylic acid groups (broad SMARTS) is 1. The van der Waals surface area contributed by atoms with Gasteiger partial charge in [0.2, 0.25) is 0 Å². The third-order valence-electron chi connectivity index (χ3n) is 2.15. The van der Waals surface area contributed by atoms with Gasteiger partial charge in [0.05, 0.1) is 5.60 Å². The SMILES string of the molecule is COC(C)(C)C[C@@H](C(=O)O)N(C)C. The van der Waals surface area contributed by atoms with Gasteiger partial charge in [-0.3, -0.25) is 9.69 Å². The molecular weight excluding hydrogens is 170 g/mol. The Kier molecular flexibility index (Phi) is 4.36. The summed E-state index contributed by atoms with van der Waals surface area (Å²) < 4.78 is 5.18. The van der Waals surface area contributed by atoms with Crippen molar-refractivity contribution in [1.29, 1.82) is 0 Å². The summed E-state index contributed by atoms with van der Waals surface area (Å²) in [6.07, 6.45) is 0.478. The van der Waals surface area contributed by atoms with Crippen molar-refractivity contribution in [3.8, 4) is 0 Å². The zero-order valence-corrected chi connectivity index (χ0v) is 9.00. The standard InChI is InChI=1S/C9H19NO3/c1-9(2,13-5)6-7(8(11)12)10(3)4/h7H,6H2,1-5H3,(H,11,12)/t7-/m0/s1. The van der Waals surface area contributed by atoms with Crippen LogP contribution in [0.5, 0.6) is 0 Å². The molecule has 0 spiro atoms. The summed E-state index contributed by atoms with van der Waals surface area (Å²) in [5, 5.41) is 8.91. The fourth-order valence-electron chi connectivity index (χ4n) is 1.04. The Balaban J connectivity index is 4.35. The summed E-state index contributed by atoms with van der Waals surface area (Å²) in [5.74, 6) is -0.810. The van der Waals surface area contributed by atoms with Crippen LogP contribution in [0.4, 0.5) is 0 Å². The van der Waals surface area contributed by atoms with Crippen molar-refractivity contribution in [3.05, 3.63) is 0 Å². The van der Waals surface area contributed by atoms with Gasteiger partial charge in [-0.15, -0.1) is 0 Å². The predicted molar refractivity (Wildman–Crippen MR) is 50.8 cm³/mol. The van der Waals surface area contributed by atoms with Gasteiger partial charge in [0, 0.05) is 13.5 Å². The lowest BCUT2D eigenvalue weighted by molar-refractivity contribution is -0.145. The molecule has 4 heteroatoms. The van der Waals surface area contributed by atoms with Gasteiger partial charge in [-0.25, -0.2) is 0 Å². The second-order valence-corrected chi connectivity index (χ2v) is 3.99. The first-order valence-corrected chi connectivity index (χ1v) is 4.24. The summed E-state index contributed by atoms with van der Waals surface area (Å²) in [6, 6.07) is -0.491. The number of rotatable bonds is 5. The number of hydrogen-bond donors (Lipinski definition) is 1. The molecule has 0 aromatic carbocycles. The molecule has 1 atom stereocenters. The largest absolute Gasteiger partial charge is 0.480 e. The van der Waals surface area contributed by atoms with Gasteiger partial charge >= 0.3 is 5.97 Å². The molecule has 13 heavy (non-hydrogen) atoms. The number of hydrogen-bond acceptors (Lipinski definition) is 3. The molecule has 0 aliphatic rings. The molecule has 0 aromatic heterocycles. The topological polar surface area (TPSA) is 49.8 Å². The van der Waals surface area contributed by atoms with Gasteiger partial charge in [0.15, 0.2) is 0 Å². The average molecular weight is 189 g/mol. The van der Waals surface area contributed by atoms with Crippen LogP contribution in [0, 0.1) is 0 Å². The molecule has 78 valence electrons. The first-order valence-electron chi connectivity index (χ1n) is 4.24. The van der Waals surface area contributed by atoms with Crippen LogP contribution in [0.3, 0.4) is 0 Å². The molecular formula is C9H19NO3. The molecule has 1 N–H and O–H groups in total. The minimum atomic E-state index is -0.810. The van der Waals surface area contributed by atoms with E-state index in [0.29, 0.717) is 6.42 Å². The van der Waals surface area contributed by atoms with Crippen molar-refractivity contribution < 1.29 is 14.6 Å². The minimum absolute atomic E-state index is 0.396. The summed E-state index contributed by atoms with van der Waals surface area (Å²) in [5.41, 5.74) is -0.396. The number of carbonyl (C=O) groups is 1. The molecule has 0 saturated heterocycles. The maximum Gasteiger partial charge on any atom is 0.321 e. The highest BCUT2D eigenvalue weighted by Crippen LogP contribution is 2.17. The molecule has 0 saturated carbocycles. The van der Waals surface area contributed by atoms with Crippen molar-refractivity contribution in [2.24, 2.45) is 0 Å². The molecule has 0 rings (SSSR count). The van der Waals surface area contributed by atoms with Gasteiger partial charge in [-0.05, 0) is 27.9 Å². The van der Waals surface area contributed by atoms with Crippen molar-refractivity contribution in [2.75, 3.05) is 21.2 Å². The van der Waals surface area contributed by atoms with Crippen LogP contribution in [0.25, 0.3) is 0 Å². The van der Waals surface area contributed by atoms with Crippen LogP contribution in [-0.2, 0) is 9.53 Å². The number of methoxy groups -OCH3 is 1. The fourth-order valence-corrected chi connectivity index (χ4v) is 1.04. The molecule has 0 radical (unpaired) electrons. The summed E-state index contributed by atoms with van der Waals surface area (Å²) in [7, 11) is 5.10. The van der Waals surface area contributed by atoms with E-state index in [1.807, 2.05) is 13.8 Å². The number of carboxylic acids is 1. The molecule has 0 aromatic rings. The van der Waals surface area contributed by atoms with E-state index in [1.54, 1.807) is 26.1 Å². The van der Waals surface area contributed by atoms with E-state index >= 15 is 0 Å². The van der Waals surface area contributed by atoms with Crippen LogP contribution in [0.2, 0.25) is 0 Å². The maximum atomic E-state index is 10.8. The first-order chi connectivity index (χ1) is 5.80. The van der Waals surface area contributed by atoms with E-state index in [1.165, 1.54) is 0 Å². The number of aliphatic carboxylic acids is 1. The molecule has 0 aliphatic carbocycles. The molecule has 0 amide bonds. The Morgan fingerprint density at radius 2 is 2.00 bits per heavy atom. The van der Waals surface area contributed by atoms with Crippen LogP contribution < -0.4 is 0 Å². The number of nitrogens with zero attached hydrogens (tertiary/aromatic N) is 1. The fraction of sp³-hybridized carbons (Fsp3) is 0.889. The Labute approximate surface area is 79.5 Å². The first kappa shape index (κ1) is 12.4. The van der Waals surface area contributed by atoms with E-state index in [2.05, 4.69) is 0 Å². The summed E-state index contributed by atoms with van der Waals surface area (Å²) >= 11 is 0. The Morgan fingerprint density at radius 1 is 1.54 bits per heavy atom. The van der Waals surface area contributed by atoms with E-state index in [-0.39, 0.29) is 0 Å². The Morgan fingerprint density at radius 3 is 2.23 bits per heavy atom. The van der Waals surface area contributed by atoms with Crippen molar-refractivity contribution in [3.63, 3.8) is 0 Å². The lowest BCUT2D eigenvalue weighted by atomic mass is 9.98. The van der Waals surface area contributed by atoms with Gasteiger partial charge in [0.1, 0.15) is 6.04 Å². The monoisotopic (exact) mass is 189 g/mol. The molecule has 4 nitrogen and oxygen atoms in total. The van der Waals surface area contributed by atoms with Crippen LogP contribution in [0.15, 0.2) is 0 Å². The molecule has 0 heterocycles. The summed E-state index contributed by atoms with van der Waals surface area (Å²) in [4.78, 5) is 12.5. The smallest absolute Gasteiger partial charge is 0.321 e. The number of likely N-dealkylation sites (N-methyl/N-ethyl adjacent to an activating group) is 1. The Bertz CT molecular complexity index is 178. The lowest BCUT2D eigenvalue weighted by Gasteiger charge is -2.29. The summed E-state index contributed by atoms with van der Waals surface area (Å²) in [6.45, 7) is 3.76. The van der Waals surface area contributed by atoms with Gasteiger partial charge < -0.3 is 9.84 Å². The van der Waals surface area contributed by atoms with Gasteiger partial charge in [-0.1, -0.05) is 0 Å². The van der Waals surface area contributed by atoms with Crippen LogP contribution in [-0.4, -0.2) is 48.8 Å². The highest BCUT2D eigenvalue weighted by Gasteiger charge is 2.28. The van der Waals surface area contributed by atoms with E-state index in [9.17, 15) is 4.79 Å². The third kappa shape index (κ3) is 4.24. The van der Waals surface area contributed by atoms with E-state index < -0.39 is 17.6 Å². The maximum absolute atomic E-state index is 10.8. The van der Waals surface area contributed by atoms with Crippen LogP contribution in [0.1, 0.15) is 20.3 Å². The van der Waals surface area contributed by atoms with Crippen LogP contribution >= 0.6 is 0 Å². The average Bonchev–Trinajstić information content (AvgIpc) is 1.99. The normalized spacial score (nSPS) is 14.6. The molecule has 0 bridgehead atoms. The Hall–Kier alpha value is -0.610. The van der Waals surface area contributed by atoms with Crippen molar-refractivity contribution in [1.82, 2.24) is 4.90 Å². The molecule has 0 aliphatic heterocycles. The predicted octanol–water partition coefficient (Wildman–Crippen LogP) is 0.816. The van der Waals surface area contributed by atoms with Gasteiger partial charge in [-0.2, -0.15) is 0 Å². The zero-order valence-electron chi connectivity index (χ0n) is 9.00. The lowest BCUT2D eigenvalue weighted by Crippen LogP contribution is -2.42. The number of ether oxygens (including phenoxy) is 1. The molecule has 0 fully saturated rings. The quantitative estimate of drug-likeness (QED) is 0.695. The highest BCUT2D eigenvalue weighted by molar-refractivity contribution is 5.73. The minimum Gasteiger partial charge on any atom is -0.480 e. The van der Waals surface area contributed by atoms with Gasteiger partial charge in [0.25, 0.3) is 0 Å². The second-order valence-electron chi connectivity index (χ2n) is 3.99. The second kappa shape index (κ2) is 4.58. The van der Waals surface area contributed by atoms with E-state index in [4.69, 9.17) is 9.84 Å². The third-order valence-corrected chi connectivity index (χ3v) is 2.15. The van der Waals surface area contributed by atoms with Crippen molar-refractivity contribution in [2.45, 2.75) is 31.9 Å². The van der Waals surface area contributed by atoms with Crippen molar-refractivity contribution >= 4 is 5.97 Å². The zero-order chi connectivity index (χ0) is 10.6.